The van der Waals surface area contributed by atoms with Crippen LogP contribution in [0.15, 0.2) is 23.7 Å². The molecule has 0 bridgehead atoms. The molecule has 74 valence electrons. The van der Waals surface area contributed by atoms with Gasteiger partial charge in [0.2, 0.25) is 0 Å². The number of aliphatic hydroxyl groups excluding tert-OH is 1. The number of hydrogen-bond acceptors (Lipinski definition) is 3. The lowest BCUT2D eigenvalue weighted by atomic mass is 10.2. The van der Waals surface area contributed by atoms with Gasteiger partial charge in [-0.1, -0.05) is 6.07 Å². The van der Waals surface area contributed by atoms with E-state index in [1.165, 1.54) is 0 Å². The summed E-state index contributed by atoms with van der Waals surface area (Å²) in [7, 11) is 1.90. The standard InChI is InChI=1S/C10H12N2OS/c1-12-7-8(4-5-13)10(11-12)9-3-2-6-14-9/h2-3,6-7,13H,4-5H2,1H3. The van der Waals surface area contributed by atoms with E-state index in [-0.39, 0.29) is 6.61 Å². The highest BCUT2D eigenvalue weighted by atomic mass is 32.1. The maximum Gasteiger partial charge on any atom is 0.105 e. The fourth-order valence-corrected chi connectivity index (χ4v) is 2.21. The molecule has 0 aliphatic rings. The van der Waals surface area contributed by atoms with Crippen LogP contribution >= 0.6 is 11.3 Å². The molecule has 4 heteroatoms. The normalized spacial score (nSPS) is 10.7. The van der Waals surface area contributed by atoms with Gasteiger partial charge in [0.05, 0.1) is 4.88 Å². The Labute approximate surface area is 86.6 Å². The number of aryl methyl sites for hydroxylation is 1. The van der Waals surface area contributed by atoms with E-state index in [0.29, 0.717) is 6.42 Å². The second-order valence-electron chi connectivity index (χ2n) is 3.13. The van der Waals surface area contributed by atoms with Crippen LogP contribution in [0.4, 0.5) is 0 Å². The summed E-state index contributed by atoms with van der Waals surface area (Å²) in [6.45, 7) is 0.171. The third-order valence-electron chi connectivity index (χ3n) is 2.04. The fraction of sp³-hybridized carbons (Fsp3) is 0.300. The molecule has 0 saturated heterocycles. The van der Waals surface area contributed by atoms with Gasteiger partial charge in [-0.05, 0) is 17.9 Å². The van der Waals surface area contributed by atoms with E-state index in [2.05, 4.69) is 5.10 Å². The Balaban J connectivity index is 2.41. The summed E-state index contributed by atoms with van der Waals surface area (Å²) in [5.41, 5.74) is 2.11. The van der Waals surface area contributed by atoms with Crippen molar-refractivity contribution >= 4 is 11.3 Å². The van der Waals surface area contributed by atoms with Gasteiger partial charge >= 0.3 is 0 Å². The molecular formula is C10H12N2OS. The smallest absolute Gasteiger partial charge is 0.105 e. The Kier molecular flexibility index (Phi) is 2.65. The lowest BCUT2D eigenvalue weighted by molar-refractivity contribution is 0.300. The SMILES string of the molecule is Cn1cc(CCO)c(-c2cccs2)n1. The van der Waals surface area contributed by atoms with Crippen LogP contribution in [0, 0.1) is 0 Å². The highest BCUT2D eigenvalue weighted by molar-refractivity contribution is 7.13. The molecule has 14 heavy (non-hydrogen) atoms. The van der Waals surface area contributed by atoms with Gasteiger partial charge in [-0.2, -0.15) is 5.10 Å². The third-order valence-corrected chi connectivity index (χ3v) is 2.92. The summed E-state index contributed by atoms with van der Waals surface area (Å²) in [6.07, 6.45) is 2.63. The monoisotopic (exact) mass is 208 g/mol. The zero-order chi connectivity index (χ0) is 9.97. The fourth-order valence-electron chi connectivity index (χ4n) is 1.46. The highest BCUT2D eigenvalue weighted by Gasteiger charge is 2.09. The summed E-state index contributed by atoms with van der Waals surface area (Å²) in [5, 5.41) is 15.3. The summed E-state index contributed by atoms with van der Waals surface area (Å²) >= 11 is 1.67. The number of aromatic nitrogens is 2. The van der Waals surface area contributed by atoms with Gasteiger partial charge in [0.1, 0.15) is 5.69 Å². The van der Waals surface area contributed by atoms with Crippen LogP contribution in [0.3, 0.4) is 0 Å². The lowest BCUT2D eigenvalue weighted by Crippen LogP contribution is -1.90. The van der Waals surface area contributed by atoms with E-state index in [0.717, 1.165) is 16.1 Å². The number of thiophene rings is 1. The molecule has 2 heterocycles. The predicted molar refractivity (Wildman–Crippen MR) is 57.3 cm³/mol. The van der Waals surface area contributed by atoms with E-state index >= 15 is 0 Å². The Bertz CT molecular complexity index is 406. The Morgan fingerprint density at radius 1 is 1.57 bits per heavy atom. The number of nitrogens with zero attached hydrogens (tertiary/aromatic N) is 2. The van der Waals surface area contributed by atoms with E-state index in [4.69, 9.17) is 5.11 Å². The van der Waals surface area contributed by atoms with Crippen LogP contribution < -0.4 is 0 Å². The van der Waals surface area contributed by atoms with E-state index in [1.54, 1.807) is 16.0 Å². The van der Waals surface area contributed by atoms with Gasteiger partial charge in [0.25, 0.3) is 0 Å². The van der Waals surface area contributed by atoms with Crippen LogP contribution in [0.25, 0.3) is 10.6 Å². The van der Waals surface area contributed by atoms with Crippen molar-refractivity contribution in [1.82, 2.24) is 9.78 Å². The van der Waals surface area contributed by atoms with Crippen molar-refractivity contribution < 1.29 is 5.11 Å². The van der Waals surface area contributed by atoms with Crippen molar-refractivity contribution in [3.05, 3.63) is 29.3 Å². The molecule has 0 aliphatic heterocycles. The minimum absolute atomic E-state index is 0.171. The quantitative estimate of drug-likeness (QED) is 0.833. The number of rotatable bonds is 3. The molecular weight excluding hydrogens is 196 g/mol. The first kappa shape index (κ1) is 9.43. The van der Waals surface area contributed by atoms with Crippen molar-refractivity contribution in [3.63, 3.8) is 0 Å². The molecule has 0 aromatic carbocycles. The molecule has 2 rings (SSSR count). The molecule has 0 radical (unpaired) electrons. The van der Waals surface area contributed by atoms with Crippen molar-refractivity contribution in [1.29, 1.82) is 0 Å². The molecule has 0 atom stereocenters. The third kappa shape index (κ3) is 1.71. The molecule has 2 aromatic heterocycles. The highest BCUT2D eigenvalue weighted by Crippen LogP contribution is 2.26. The van der Waals surface area contributed by atoms with Crippen LogP contribution in [0.1, 0.15) is 5.56 Å². The summed E-state index contributed by atoms with van der Waals surface area (Å²) in [4.78, 5) is 1.16. The van der Waals surface area contributed by atoms with Crippen molar-refractivity contribution in [2.75, 3.05) is 6.61 Å². The summed E-state index contributed by atoms with van der Waals surface area (Å²) in [5.74, 6) is 0. The lowest BCUT2D eigenvalue weighted by Gasteiger charge is -1.95. The summed E-state index contributed by atoms with van der Waals surface area (Å²) in [6, 6.07) is 4.06. The number of hydrogen-bond donors (Lipinski definition) is 1. The average molecular weight is 208 g/mol. The first-order chi connectivity index (χ1) is 6.81. The zero-order valence-corrected chi connectivity index (χ0v) is 8.79. The minimum Gasteiger partial charge on any atom is -0.396 e. The largest absolute Gasteiger partial charge is 0.396 e. The van der Waals surface area contributed by atoms with E-state index in [1.807, 2.05) is 30.8 Å². The number of aliphatic hydroxyl groups is 1. The zero-order valence-electron chi connectivity index (χ0n) is 7.97. The summed E-state index contributed by atoms with van der Waals surface area (Å²) < 4.78 is 1.79. The first-order valence-electron chi connectivity index (χ1n) is 4.48. The maximum absolute atomic E-state index is 8.92. The van der Waals surface area contributed by atoms with Crippen LogP contribution in [-0.2, 0) is 13.5 Å². The average Bonchev–Trinajstić information content (AvgIpc) is 2.74. The van der Waals surface area contributed by atoms with Gasteiger partial charge in [0.15, 0.2) is 0 Å². The molecule has 2 aromatic rings. The van der Waals surface area contributed by atoms with Crippen molar-refractivity contribution in [2.45, 2.75) is 6.42 Å². The minimum atomic E-state index is 0.171. The molecule has 0 unspecified atom stereocenters. The second kappa shape index (κ2) is 3.94. The van der Waals surface area contributed by atoms with Crippen LogP contribution in [0.5, 0.6) is 0 Å². The Hall–Kier alpha value is -1.13. The molecule has 0 spiro atoms. The van der Waals surface area contributed by atoms with Gasteiger partial charge in [0, 0.05) is 25.4 Å². The molecule has 1 N–H and O–H groups in total. The van der Waals surface area contributed by atoms with Gasteiger partial charge in [-0.15, -0.1) is 11.3 Å². The van der Waals surface area contributed by atoms with E-state index < -0.39 is 0 Å². The second-order valence-corrected chi connectivity index (χ2v) is 4.08. The van der Waals surface area contributed by atoms with Gasteiger partial charge in [-0.25, -0.2) is 0 Å². The van der Waals surface area contributed by atoms with Crippen LogP contribution in [-0.4, -0.2) is 21.5 Å². The molecule has 3 nitrogen and oxygen atoms in total. The topological polar surface area (TPSA) is 38.0 Å². The Morgan fingerprint density at radius 3 is 3.07 bits per heavy atom. The van der Waals surface area contributed by atoms with Crippen molar-refractivity contribution in [2.24, 2.45) is 7.05 Å². The predicted octanol–water partition coefficient (Wildman–Crippen LogP) is 1.68. The van der Waals surface area contributed by atoms with Gasteiger partial charge in [-0.3, -0.25) is 4.68 Å². The molecule has 0 aliphatic carbocycles. The Morgan fingerprint density at radius 2 is 2.43 bits per heavy atom. The van der Waals surface area contributed by atoms with Crippen molar-refractivity contribution in [3.8, 4) is 10.6 Å². The van der Waals surface area contributed by atoms with Gasteiger partial charge < -0.3 is 5.11 Å². The molecule has 0 amide bonds. The molecule has 0 saturated carbocycles. The van der Waals surface area contributed by atoms with E-state index in [9.17, 15) is 0 Å². The molecule has 0 fully saturated rings. The maximum atomic E-state index is 8.92. The first-order valence-corrected chi connectivity index (χ1v) is 5.36. The van der Waals surface area contributed by atoms with Crippen LogP contribution in [0.2, 0.25) is 0 Å².